The summed E-state index contributed by atoms with van der Waals surface area (Å²) in [5.74, 6) is 0.302. The topological polar surface area (TPSA) is 34.1 Å². The van der Waals surface area contributed by atoms with Crippen LogP contribution in [0.15, 0.2) is 0 Å². The fourth-order valence-corrected chi connectivity index (χ4v) is 2.42. The highest BCUT2D eigenvalue weighted by Crippen LogP contribution is 2.46. The zero-order valence-electron chi connectivity index (χ0n) is 10.4. The largest absolute Gasteiger partial charge is 0.299 e. The van der Waals surface area contributed by atoms with Gasteiger partial charge in [-0.2, -0.15) is 0 Å². The SMILES string of the molecule is CCCCC(=O)C1(C)CCC(C)(C)C1=O. The minimum absolute atomic E-state index is 0.149. The molecule has 0 heterocycles. The van der Waals surface area contributed by atoms with E-state index in [0.717, 1.165) is 25.7 Å². The van der Waals surface area contributed by atoms with Crippen molar-refractivity contribution in [1.82, 2.24) is 0 Å². The van der Waals surface area contributed by atoms with Crippen LogP contribution in [-0.4, -0.2) is 11.6 Å². The van der Waals surface area contributed by atoms with Crippen molar-refractivity contribution in [2.24, 2.45) is 10.8 Å². The van der Waals surface area contributed by atoms with Crippen LogP contribution in [0.25, 0.3) is 0 Å². The van der Waals surface area contributed by atoms with E-state index in [9.17, 15) is 9.59 Å². The van der Waals surface area contributed by atoms with Crippen molar-refractivity contribution in [3.05, 3.63) is 0 Å². The first-order chi connectivity index (χ1) is 6.84. The maximum Gasteiger partial charge on any atom is 0.151 e. The van der Waals surface area contributed by atoms with Gasteiger partial charge in [0.2, 0.25) is 0 Å². The van der Waals surface area contributed by atoms with Crippen molar-refractivity contribution in [2.75, 3.05) is 0 Å². The predicted molar refractivity (Wildman–Crippen MR) is 60.7 cm³/mol. The third-order valence-corrected chi connectivity index (χ3v) is 3.74. The van der Waals surface area contributed by atoms with Gasteiger partial charge in [-0.25, -0.2) is 0 Å². The average molecular weight is 210 g/mol. The average Bonchev–Trinajstić information content (AvgIpc) is 2.40. The molecule has 0 radical (unpaired) electrons. The number of carbonyl (C=O) groups excluding carboxylic acids is 2. The summed E-state index contributed by atoms with van der Waals surface area (Å²) in [4.78, 5) is 24.1. The first-order valence-electron chi connectivity index (χ1n) is 5.93. The number of ketones is 2. The molecule has 1 aliphatic rings. The van der Waals surface area contributed by atoms with Gasteiger partial charge in [0.05, 0.1) is 5.41 Å². The lowest BCUT2D eigenvalue weighted by Gasteiger charge is -2.23. The van der Waals surface area contributed by atoms with Crippen molar-refractivity contribution in [3.8, 4) is 0 Å². The molecule has 2 nitrogen and oxygen atoms in total. The van der Waals surface area contributed by atoms with Crippen LogP contribution in [-0.2, 0) is 9.59 Å². The third-order valence-electron chi connectivity index (χ3n) is 3.74. The quantitative estimate of drug-likeness (QED) is 0.668. The molecule has 0 N–H and O–H groups in total. The molecule has 0 spiro atoms. The molecule has 86 valence electrons. The van der Waals surface area contributed by atoms with E-state index < -0.39 is 5.41 Å². The lowest BCUT2D eigenvalue weighted by atomic mass is 9.77. The second kappa shape index (κ2) is 4.07. The maximum atomic E-state index is 12.1. The molecule has 15 heavy (non-hydrogen) atoms. The predicted octanol–water partition coefficient (Wildman–Crippen LogP) is 3.14. The van der Waals surface area contributed by atoms with Crippen LogP contribution in [0.1, 0.15) is 59.8 Å². The molecule has 2 heteroatoms. The van der Waals surface area contributed by atoms with Gasteiger partial charge in [-0.15, -0.1) is 0 Å². The molecule has 1 rings (SSSR count). The summed E-state index contributed by atoms with van der Waals surface area (Å²) in [6.45, 7) is 7.81. The van der Waals surface area contributed by atoms with Gasteiger partial charge >= 0.3 is 0 Å². The fraction of sp³-hybridized carbons (Fsp3) is 0.846. The zero-order valence-corrected chi connectivity index (χ0v) is 10.4. The molecular weight excluding hydrogens is 188 g/mol. The van der Waals surface area contributed by atoms with E-state index in [0.29, 0.717) is 6.42 Å². The van der Waals surface area contributed by atoms with Crippen LogP contribution >= 0.6 is 0 Å². The van der Waals surface area contributed by atoms with E-state index in [4.69, 9.17) is 0 Å². The summed E-state index contributed by atoms with van der Waals surface area (Å²) in [6, 6.07) is 0. The highest BCUT2D eigenvalue weighted by Gasteiger charge is 2.52. The normalized spacial score (nSPS) is 29.5. The molecule has 0 aromatic rings. The number of unbranched alkanes of at least 4 members (excludes halogenated alkanes) is 1. The Morgan fingerprint density at radius 2 is 1.87 bits per heavy atom. The molecule has 1 fully saturated rings. The Hall–Kier alpha value is -0.660. The van der Waals surface area contributed by atoms with E-state index in [1.165, 1.54) is 0 Å². The van der Waals surface area contributed by atoms with Crippen LogP contribution in [0.4, 0.5) is 0 Å². The Bertz CT molecular complexity index is 278. The van der Waals surface area contributed by atoms with Crippen molar-refractivity contribution < 1.29 is 9.59 Å². The monoisotopic (exact) mass is 210 g/mol. The van der Waals surface area contributed by atoms with Gasteiger partial charge in [0, 0.05) is 11.8 Å². The standard InChI is InChI=1S/C13H22O2/c1-5-6-7-10(14)13(4)9-8-12(2,3)11(13)15/h5-9H2,1-4H3. The summed E-state index contributed by atoms with van der Waals surface area (Å²) in [7, 11) is 0. The molecule has 0 saturated heterocycles. The summed E-state index contributed by atoms with van der Waals surface area (Å²) >= 11 is 0. The highest BCUT2D eigenvalue weighted by atomic mass is 16.2. The summed E-state index contributed by atoms with van der Waals surface area (Å²) < 4.78 is 0. The van der Waals surface area contributed by atoms with Gasteiger partial charge in [0.1, 0.15) is 5.78 Å². The Labute approximate surface area is 92.4 Å². The van der Waals surface area contributed by atoms with Crippen LogP contribution in [0, 0.1) is 10.8 Å². The highest BCUT2D eigenvalue weighted by molar-refractivity contribution is 6.10. The number of rotatable bonds is 4. The molecule has 0 aliphatic heterocycles. The van der Waals surface area contributed by atoms with Crippen molar-refractivity contribution in [1.29, 1.82) is 0 Å². The van der Waals surface area contributed by atoms with Crippen molar-refractivity contribution >= 4 is 11.6 Å². The number of carbonyl (C=O) groups is 2. The summed E-state index contributed by atoms with van der Waals surface area (Å²) in [5.41, 5.74) is -0.977. The Kier molecular flexibility index (Phi) is 3.37. The minimum atomic E-state index is -0.682. The van der Waals surface area contributed by atoms with Gasteiger partial charge in [-0.05, 0) is 26.2 Å². The Balaban J connectivity index is 2.76. The van der Waals surface area contributed by atoms with Gasteiger partial charge < -0.3 is 0 Å². The van der Waals surface area contributed by atoms with Crippen LogP contribution in [0.3, 0.4) is 0 Å². The second-order valence-corrected chi connectivity index (χ2v) is 5.57. The Morgan fingerprint density at radius 3 is 2.27 bits per heavy atom. The molecule has 1 saturated carbocycles. The smallest absolute Gasteiger partial charge is 0.151 e. The summed E-state index contributed by atoms with van der Waals surface area (Å²) in [6.07, 6.45) is 4.07. The first-order valence-corrected chi connectivity index (χ1v) is 5.93. The molecule has 0 aromatic heterocycles. The van der Waals surface area contributed by atoms with Crippen LogP contribution in [0.2, 0.25) is 0 Å². The van der Waals surface area contributed by atoms with E-state index in [1.54, 1.807) is 0 Å². The lowest BCUT2D eigenvalue weighted by molar-refractivity contribution is -0.141. The molecule has 1 aliphatic carbocycles. The second-order valence-electron chi connectivity index (χ2n) is 5.57. The van der Waals surface area contributed by atoms with E-state index in [-0.39, 0.29) is 17.0 Å². The van der Waals surface area contributed by atoms with Crippen molar-refractivity contribution in [3.63, 3.8) is 0 Å². The third kappa shape index (κ3) is 2.14. The molecule has 0 aromatic carbocycles. The van der Waals surface area contributed by atoms with E-state index >= 15 is 0 Å². The fourth-order valence-electron chi connectivity index (χ4n) is 2.42. The zero-order chi connectivity index (χ0) is 11.7. The maximum absolute atomic E-state index is 12.1. The lowest BCUT2D eigenvalue weighted by Crippen LogP contribution is -2.36. The molecule has 1 unspecified atom stereocenters. The summed E-state index contributed by atoms with van der Waals surface area (Å²) in [5, 5.41) is 0. The molecule has 1 atom stereocenters. The van der Waals surface area contributed by atoms with E-state index in [1.807, 2.05) is 20.8 Å². The number of hydrogen-bond donors (Lipinski definition) is 0. The van der Waals surface area contributed by atoms with E-state index in [2.05, 4.69) is 6.92 Å². The van der Waals surface area contributed by atoms with Crippen molar-refractivity contribution in [2.45, 2.75) is 59.8 Å². The minimum Gasteiger partial charge on any atom is -0.299 e. The van der Waals surface area contributed by atoms with Gasteiger partial charge in [-0.3, -0.25) is 9.59 Å². The first kappa shape index (κ1) is 12.4. The van der Waals surface area contributed by atoms with Gasteiger partial charge in [-0.1, -0.05) is 27.2 Å². The number of hydrogen-bond acceptors (Lipinski definition) is 2. The van der Waals surface area contributed by atoms with Crippen LogP contribution in [0.5, 0.6) is 0 Å². The van der Waals surface area contributed by atoms with Gasteiger partial charge in [0.25, 0.3) is 0 Å². The van der Waals surface area contributed by atoms with Crippen LogP contribution < -0.4 is 0 Å². The number of Topliss-reactive ketones (excluding diaryl/α,β-unsaturated/α-hetero) is 2. The molecule has 0 bridgehead atoms. The Morgan fingerprint density at radius 1 is 1.27 bits per heavy atom. The van der Waals surface area contributed by atoms with Gasteiger partial charge in [0.15, 0.2) is 5.78 Å². The molecule has 0 amide bonds. The molecular formula is C13H22O2.